The number of benzene rings is 2. The van der Waals surface area contributed by atoms with E-state index in [9.17, 15) is 4.79 Å². The maximum atomic E-state index is 12.8. The molecule has 10 nitrogen and oxygen atoms in total. The molecule has 0 bridgehead atoms. The van der Waals surface area contributed by atoms with Crippen molar-refractivity contribution in [2.45, 2.75) is 32.4 Å². The zero-order valence-electron chi connectivity index (χ0n) is 23.6. The van der Waals surface area contributed by atoms with Gasteiger partial charge in [0, 0.05) is 36.6 Å². The van der Waals surface area contributed by atoms with E-state index in [0.717, 1.165) is 59.7 Å². The number of hydrogen-bond acceptors (Lipinski definition) is 8. The highest BCUT2D eigenvalue weighted by Gasteiger charge is 2.21. The van der Waals surface area contributed by atoms with E-state index in [0.29, 0.717) is 29.4 Å². The molecule has 3 aromatic heterocycles. The van der Waals surface area contributed by atoms with Crippen LogP contribution in [-0.4, -0.2) is 51.9 Å². The fourth-order valence-corrected chi connectivity index (χ4v) is 5.03. The van der Waals surface area contributed by atoms with Crippen LogP contribution >= 0.6 is 0 Å². The van der Waals surface area contributed by atoms with Gasteiger partial charge >= 0.3 is 0 Å². The lowest BCUT2D eigenvalue weighted by Gasteiger charge is -2.23. The Kier molecular flexibility index (Phi) is 7.96. The fourth-order valence-electron chi connectivity index (χ4n) is 5.03. The van der Waals surface area contributed by atoms with Gasteiger partial charge in [-0.15, -0.1) is 0 Å². The van der Waals surface area contributed by atoms with E-state index >= 15 is 0 Å². The third kappa shape index (κ3) is 6.18. The van der Waals surface area contributed by atoms with Crippen LogP contribution in [0.25, 0.3) is 11.0 Å². The first-order valence-corrected chi connectivity index (χ1v) is 14.0. The van der Waals surface area contributed by atoms with Gasteiger partial charge < -0.3 is 25.4 Å². The smallest absolute Gasteiger partial charge is 0.256 e. The highest BCUT2D eigenvalue weighted by Crippen LogP contribution is 2.35. The van der Waals surface area contributed by atoms with Gasteiger partial charge in [0.2, 0.25) is 0 Å². The minimum atomic E-state index is -0.238. The molecule has 0 radical (unpaired) electrons. The Hall–Kier alpha value is -4.96. The van der Waals surface area contributed by atoms with E-state index in [1.54, 1.807) is 43.8 Å². The van der Waals surface area contributed by atoms with Crippen LogP contribution in [0.5, 0.6) is 17.2 Å². The van der Waals surface area contributed by atoms with Gasteiger partial charge in [-0.25, -0.2) is 14.6 Å². The molecule has 2 aromatic carbocycles. The van der Waals surface area contributed by atoms with E-state index in [1.165, 1.54) is 0 Å². The van der Waals surface area contributed by atoms with Gasteiger partial charge in [-0.05, 0) is 86.0 Å². The predicted octanol–water partition coefficient (Wildman–Crippen LogP) is 5.40. The lowest BCUT2D eigenvalue weighted by Crippen LogP contribution is -2.38. The number of anilines is 2. The maximum absolute atomic E-state index is 12.8. The maximum Gasteiger partial charge on any atom is 0.256 e. The summed E-state index contributed by atoms with van der Waals surface area (Å²) in [4.78, 5) is 21.7. The van der Waals surface area contributed by atoms with E-state index in [-0.39, 0.29) is 11.9 Å². The number of fused-ring (bicyclic) bond motifs is 1. The van der Waals surface area contributed by atoms with Crippen LogP contribution in [0.3, 0.4) is 0 Å². The number of rotatable bonds is 9. The third-order valence-electron chi connectivity index (χ3n) is 7.23. The standard InChI is InChI=1S/C32H33N7O3/c1-21-13-16-34-28(18-21)37-32(40)23-7-11-26(12-8-23)42-27-14-17-35-31-29(27)30(36-24-4-3-15-33-19-24)38-39(31)20-22-5-9-25(41-2)10-6-22/h5-14,16-18,24,33H,3-4,15,19-20H2,1-2H3,(H,36,38)(H,34,37,40). The van der Waals surface area contributed by atoms with Gasteiger partial charge in [0.1, 0.15) is 28.5 Å². The summed E-state index contributed by atoms with van der Waals surface area (Å²) in [5, 5.41) is 15.7. The van der Waals surface area contributed by atoms with Crippen molar-refractivity contribution in [3.8, 4) is 17.2 Å². The van der Waals surface area contributed by atoms with Gasteiger partial charge in [0.15, 0.2) is 11.5 Å². The number of piperidine rings is 1. The second-order valence-corrected chi connectivity index (χ2v) is 10.3. The molecule has 1 unspecified atom stereocenters. The molecular formula is C32H33N7O3. The second kappa shape index (κ2) is 12.3. The summed E-state index contributed by atoms with van der Waals surface area (Å²) in [5.41, 5.74) is 3.32. The SMILES string of the molecule is COc1ccc(Cn2nc(NC3CCCNC3)c3c(Oc4ccc(C(=O)Nc5cc(C)ccn5)cc4)ccnc32)cc1. The van der Waals surface area contributed by atoms with E-state index < -0.39 is 0 Å². The number of aromatic nitrogens is 4. The van der Waals surface area contributed by atoms with Crippen LogP contribution in [0, 0.1) is 6.92 Å². The number of carbonyl (C=O) groups excluding carboxylic acids is 1. The lowest BCUT2D eigenvalue weighted by atomic mass is 10.1. The van der Waals surface area contributed by atoms with Crippen LogP contribution in [0.1, 0.15) is 34.3 Å². The summed E-state index contributed by atoms with van der Waals surface area (Å²) in [5.74, 6) is 3.05. The number of hydrogen-bond donors (Lipinski definition) is 3. The second-order valence-electron chi connectivity index (χ2n) is 10.3. The first-order chi connectivity index (χ1) is 20.6. The number of nitrogens with one attached hydrogen (secondary N) is 3. The normalized spacial score (nSPS) is 14.9. The molecule has 0 spiro atoms. The van der Waals surface area contributed by atoms with Crippen molar-refractivity contribution in [3.63, 3.8) is 0 Å². The van der Waals surface area contributed by atoms with Crippen molar-refractivity contribution in [3.05, 3.63) is 95.8 Å². The Balaban J connectivity index is 1.27. The molecule has 3 N–H and O–H groups in total. The zero-order valence-corrected chi connectivity index (χ0v) is 23.6. The molecule has 0 saturated carbocycles. The highest BCUT2D eigenvalue weighted by atomic mass is 16.5. The molecule has 4 heterocycles. The number of nitrogens with zero attached hydrogens (tertiary/aromatic N) is 4. The van der Waals surface area contributed by atoms with Gasteiger partial charge in [0.25, 0.3) is 5.91 Å². The summed E-state index contributed by atoms with van der Waals surface area (Å²) in [6.45, 7) is 4.39. The first-order valence-electron chi connectivity index (χ1n) is 14.0. The summed E-state index contributed by atoms with van der Waals surface area (Å²) >= 11 is 0. The van der Waals surface area contributed by atoms with Crippen LogP contribution in [0.2, 0.25) is 0 Å². The Labute approximate surface area is 244 Å². The molecule has 1 aliphatic rings. The molecule has 6 rings (SSSR count). The quantitative estimate of drug-likeness (QED) is 0.218. The van der Waals surface area contributed by atoms with Crippen LogP contribution < -0.4 is 25.4 Å². The fraction of sp³-hybridized carbons (Fsp3) is 0.250. The molecule has 1 aliphatic heterocycles. The molecule has 1 fully saturated rings. The summed E-state index contributed by atoms with van der Waals surface area (Å²) < 4.78 is 13.6. The van der Waals surface area contributed by atoms with Crippen molar-refractivity contribution in [2.24, 2.45) is 0 Å². The predicted molar refractivity (Wildman–Crippen MR) is 163 cm³/mol. The van der Waals surface area contributed by atoms with Gasteiger partial charge in [0.05, 0.1) is 13.7 Å². The molecule has 10 heteroatoms. The number of methoxy groups -OCH3 is 1. The molecule has 5 aromatic rings. The van der Waals surface area contributed by atoms with Gasteiger partial charge in [-0.2, -0.15) is 5.10 Å². The monoisotopic (exact) mass is 563 g/mol. The highest BCUT2D eigenvalue weighted by molar-refractivity contribution is 6.03. The van der Waals surface area contributed by atoms with Crippen molar-refractivity contribution < 1.29 is 14.3 Å². The molecule has 1 amide bonds. The Morgan fingerprint density at radius 1 is 1.02 bits per heavy atom. The van der Waals surface area contributed by atoms with E-state index in [4.69, 9.17) is 19.6 Å². The van der Waals surface area contributed by atoms with E-state index in [2.05, 4.69) is 20.9 Å². The van der Waals surface area contributed by atoms with Crippen molar-refractivity contribution in [1.82, 2.24) is 25.1 Å². The number of carbonyl (C=O) groups is 1. The zero-order chi connectivity index (χ0) is 28.9. The Morgan fingerprint density at radius 2 is 1.81 bits per heavy atom. The molecule has 1 atom stereocenters. The average molecular weight is 564 g/mol. The minimum Gasteiger partial charge on any atom is -0.497 e. The topological polar surface area (TPSA) is 115 Å². The number of amides is 1. The summed E-state index contributed by atoms with van der Waals surface area (Å²) in [7, 11) is 1.66. The van der Waals surface area contributed by atoms with Crippen molar-refractivity contribution in [2.75, 3.05) is 30.8 Å². The Bertz CT molecular complexity index is 1680. The molecule has 0 aliphatic carbocycles. The summed E-state index contributed by atoms with van der Waals surface area (Å²) in [6, 6.07) is 20.8. The summed E-state index contributed by atoms with van der Waals surface area (Å²) in [6.07, 6.45) is 5.55. The number of pyridine rings is 2. The van der Waals surface area contributed by atoms with Crippen LogP contribution in [-0.2, 0) is 6.54 Å². The Morgan fingerprint density at radius 3 is 2.55 bits per heavy atom. The van der Waals surface area contributed by atoms with E-state index in [1.807, 2.05) is 54.1 Å². The molecular weight excluding hydrogens is 530 g/mol. The largest absolute Gasteiger partial charge is 0.497 e. The van der Waals surface area contributed by atoms with Crippen LogP contribution in [0.15, 0.2) is 79.1 Å². The first kappa shape index (κ1) is 27.2. The van der Waals surface area contributed by atoms with Gasteiger partial charge in [-0.1, -0.05) is 12.1 Å². The lowest BCUT2D eigenvalue weighted by molar-refractivity contribution is 0.102. The van der Waals surface area contributed by atoms with Crippen LogP contribution in [0.4, 0.5) is 11.6 Å². The van der Waals surface area contributed by atoms with Gasteiger partial charge in [-0.3, -0.25) is 4.79 Å². The molecule has 1 saturated heterocycles. The molecule has 42 heavy (non-hydrogen) atoms. The third-order valence-corrected chi connectivity index (χ3v) is 7.23. The minimum absolute atomic E-state index is 0.238. The average Bonchev–Trinajstić information content (AvgIpc) is 3.35. The van der Waals surface area contributed by atoms with Crippen molar-refractivity contribution >= 4 is 28.6 Å². The number of aryl methyl sites for hydroxylation is 1. The number of ether oxygens (including phenoxy) is 2. The molecule has 214 valence electrons. The van der Waals surface area contributed by atoms with Crippen molar-refractivity contribution in [1.29, 1.82) is 0 Å².